The quantitative estimate of drug-likeness (QED) is 0.462. The summed E-state index contributed by atoms with van der Waals surface area (Å²) in [5.74, 6) is 0.165. The lowest BCUT2D eigenvalue weighted by molar-refractivity contribution is -0.151. The van der Waals surface area contributed by atoms with Gasteiger partial charge >= 0.3 is 18.2 Å². The molecule has 1 atom stereocenters. The molecular weight excluding hydrogens is 392 g/mol. The maximum Gasteiger partial charge on any atom is 0.410 e. The van der Waals surface area contributed by atoms with Crippen LogP contribution >= 0.6 is 0 Å². The molecule has 9 nitrogen and oxygen atoms in total. The molecule has 9 heteroatoms. The summed E-state index contributed by atoms with van der Waals surface area (Å²) in [7, 11) is 0. The Morgan fingerprint density at radius 1 is 1.03 bits per heavy atom. The zero-order valence-electron chi connectivity index (χ0n) is 18.5. The molecule has 0 aliphatic heterocycles. The van der Waals surface area contributed by atoms with Gasteiger partial charge in [-0.05, 0) is 52.7 Å². The molecule has 2 N–H and O–H groups in total. The number of carbonyl (C=O) groups is 3. The molecule has 0 fully saturated rings. The van der Waals surface area contributed by atoms with Crippen molar-refractivity contribution >= 4 is 18.2 Å². The highest BCUT2D eigenvalue weighted by Crippen LogP contribution is 2.22. The first-order chi connectivity index (χ1) is 14.0. The number of benzene rings is 1. The van der Waals surface area contributed by atoms with Gasteiger partial charge in [0.25, 0.3) is 0 Å². The number of rotatable bonds is 9. The highest BCUT2D eigenvalue weighted by molar-refractivity contribution is 5.72. The lowest BCUT2D eigenvalue weighted by Gasteiger charge is -2.19. The van der Waals surface area contributed by atoms with Crippen molar-refractivity contribution in [2.75, 3.05) is 19.9 Å². The summed E-state index contributed by atoms with van der Waals surface area (Å²) in [6.07, 6.45) is -1.43. The molecule has 0 aliphatic carbocycles. The van der Waals surface area contributed by atoms with Crippen LogP contribution in [0.15, 0.2) is 18.2 Å². The van der Waals surface area contributed by atoms with Gasteiger partial charge in [0.15, 0.2) is 0 Å². The third kappa shape index (κ3) is 10.5. The summed E-state index contributed by atoms with van der Waals surface area (Å²) in [6.45, 7) is 10.7. The zero-order valence-corrected chi connectivity index (χ0v) is 18.5. The highest BCUT2D eigenvalue weighted by Gasteiger charge is 2.16. The molecule has 1 rings (SSSR count). The number of ether oxygens (including phenoxy) is 4. The molecule has 30 heavy (non-hydrogen) atoms. The minimum atomic E-state index is -0.729. The van der Waals surface area contributed by atoms with E-state index in [1.807, 2.05) is 32.0 Å². The molecule has 0 saturated heterocycles. The van der Waals surface area contributed by atoms with Crippen molar-refractivity contribution in [3.63, 3.8) is 0 Å². The smallest absolute Gasteiger partial charge is 0.410 e. The van der Waals surface area contributed by atoms with Crippen molar-refractivity contribution in [2.24, 2.45) is 0 Å². The Hall–Kier alpha value is -2.97. The molecule has 0 aromatic heterocycles. The summed E-state index contributed by atoms with van der Waals surface area (Å²) < 4.78 is 20.4. The second kappa shape index (κ2) is 11.9. The maximum absolute atomic E-state index is 11.8. The molecule has 2 amide bonds. The molecule has 0 bridgehead atoms. The van der Waals surface area contributed by atoms with Crippen LogP contribution in [0.4, 0.5) is 9.59 Å². The number of hydrogen-bond donors (Lipinski definition) is 2. The fraction of sp³-hybridized carbons (Fsp3) is 0.571. The third-order valence-electron chi connectivity index (χ3n) is 3.66. The van der Waals surface area contributed by atoms with Crippen LogP contribution in [0.25, 0.3) is 0 Å². The van der Waals surface area contributed by atoms with E-state index in [1.54, 1.807) is 27.7 Å². The highest BCUT2D eigenvalue weighted by atomic mass is 16.7. The largest absolute Gasteiger partial charge is 0.491 e. The molecule has 0 heterocycles. The fourth-order valence-electron chi connectivity index (χ4n) is 2.32. The van der Waals surface area contributed by atoms with Gasteiger partial charge in [0.2, 0.25) is 6.79 Å². The molecule has 0 saturated carbocycles. The van der Waals surface area contributed by atoms with Gasteiger partial charge in [-0.3, -0.25) is 4.79 Å². The number of hydrogen-bond acceptors (Lipinski definition) is 7. The summed E-state index contributed by atoms with van der Waals surface area (Å²) in [6, 6.07) is 5.54. The molecule has 0 spiro atoms. The van der Waals surface area contributed by atoms with Crippen LogP contribution in [0.3, 0.4) is 0 Å². The van der Waals surface area contributed by atoms with E-state index in [4.69, 9.17) is 18.9 Å². The van der Waals surface area contributed by atoms with Gasteiger partial charge in [-0.1, -0.05) is 18.2 Å². The van der Waals surface area contributed by atoms with Crippen molar-refractivity contribution in [1.82, 2.24) is 10.6 Å². The summed E-state index contributed by atoms with van der Waals surface area (Å²) in [5.41, 5.74) is 1.41. The lowest BCUT2D eigenvalue weighted by Crippen LogP contribution is -2.37. The van der Waals surface area contributed by atoms with Gasteiger partial charge in [0.05, 0.1) is 12.5 Å². The number of carbonyl (C=O) groups excluding carboxylic acids is 3. The number of alkyl carbamates (subject to hydrolysis) is 2. The van der Waals surface area contributed by atoms with Crippen molar-refractivity contribution in [2.45, 2.75) is 59.6 Å². The monoisotopic (exact) mass is 424 g/mol. The standard InChI is InChI=1S/C21H32N2O7/c1-14-8-7-9-15(2)18(14)27-12-16(3)23-20(26)29-13-28-17(24)10-11-22-19(25)30-21(4,5)6/h7-9,16H,10-13H2,1-6H3,(H,22,25)(H,23,26). The van der Waals surface area contributed by atoms with Crippen LogP contribution in [-0.2, 0) is 19.0 Å². The average molecular weight is 424 g/mol. The van der Waals surface area contributed by atoms with Crippen LogP contribution < -0.4 is 15.4 Å². The van der Waals surface area contributed by atoms with E-state index < -0.39 is 30.5 Å². The van der Waals surface area contributed by atoms with Gasteiger partial charge in [-0.2, -0.15) is 0 Å². The van der Waals surface area contributed by atoms with Gasteiger partial charge in [-0.15, -0.1) is 0 Å². The molecule has 1 unspecified atom stereocenters. The number of amides is 2. The summed E-state index contributed by atoms with van der Waals surface area (Å²) in [4.78, 5) is 34.8. The molecular formula is C21H32N2O7. The van der Waals surface area contributed by atoms with Crippen molar-refractivity contribution in [3.05, 3.63) is 29.3 Å². The maximum atomic E-state index is 11.8. The fourth-order valence-corrected chi connectivity index (χ4v) is 2.32. The van der Waals surface area contributed by atoms with Crippen LogP contribution in [0, 0.1) is 13.8 Å². The Kier molecular flexibility index (Phi) is 9.94. The molecule has 168 valence electrons. The topological polar surface area (TPSA) is 112 Å². The van der Waals surface area contributed by atoms with Crippen LogP contribution in [0.5, 0.6) is 5.75 Å². The molecule has 1 aromatic carbocycles. The second-order valence-electron chi connectivity index (χ2n) is 7.82. The van der Waals surface area contributed by atoms with E-state index in [-0.39, 0.29) is 25.6 Å². The Morgan fingerprint density at radius 3 is 2.27 bits per heavy atom. The van der Waals surface area contributed by atoms with Crippen LogP contribution in [-0.4, -0.2) is 49.7 Å². The third-order valence-corrected chi connectivity index (χ3v) is 3.66. The van der Waals surface area contributed by atoms with E-state index >= 15 is 0 Å². The van der Waals surface area contributed by atoms with Gasteiger partial charge < -0.3 is 29.6 Å². The Labute approximate surface area is 177 Å². The second-order valence-corrected chi connectivity index (χ2v) is 7.82. The Bertz CT molecular complexity index is 708. The lowest BCUT2D eigenvalue weighted by atomic mass is 10.1. The van der Waals surface area contributed by atoms with Crippen LogP contribution in [0.2, 0.25) is 0 Å². The molecule has 1 aromatic rings. The minimum absolute atomic E-state index is 0.0482. The first kappa shape index (κ1) is 25.1. The van der Waals surface area contributed by atoms with E-state index in [2.05, 4.69) is 10.6 Å². The van der Waals surface area contributed by atoms with Gasteiger partial charge in [-0.25, -0.2) is 9.59 Å². The number of aryl methyl sites for hydroxylation is 2. The normalized spacial score (nSPS) is 11.8. The van der Waals surface area contributed by atoms with Gasteiger partial charge in [0, 0.05) is 6.54 Å². The predicted octanol–water partition coefficient (Wildman–Crippen LogP) is 3.21. The van der Waals surface area contributed by atoms with Gasteiger partial charge in [0.1, 0.15) is 18.0 Å². The molecule has 0 aliphatic rings. The SMILES string of the molecule is Cc1cccc(C)c1OCC(C)NC(=O)OCOC(=O)CCNC(=O)OC(C)(C)C. The predicted molar refractivity (Wildman–Crippen MR) is 110 cm³/mol. The number of esters is 1. The van der Waals surface area contributed by atoms with E-state index in [9.17, 15) is 14.4 Å². The number of para-hydroxylation sites is 1. The zero-order chi connectivity index (χ0) is 22.7. The van der Waals surface area contributed by atoms with E-state index in [0.29, 0.717) is 0 Å². The van der Waals surface area contributed by atoms with Crippen molar-refractivity contribution in [1.29, 1.82) is 0 Å². The van der Waals surface area contributed by atoms with Crippen molar-refractivity contribution < 1.29 is 33.3 Å². The summed E-state index contributed by atoms with van der Waals surface area (Å²) >= 11 is 0. The van der Waals surface area contributed by atoms with Crippen molar-refractivity contribution in [3.8, 4) is 5.75 Å². The first-order valence-corrected chi connectivity index (χ1v) is 9.72. The minimum Gasteiger partial charge on any atom is -0.491 e. The molecule has 0 radical (unpaired) electrons. The Balaban J connectivity index is 2.19. The first-order valence-electron chi connectivity index (χ1n) is 9.72. The number of nitrogens with one attached hydrogen (secondary N) is 2. The van der Waals surface area contributed by atoms with E-state index in [1.165, 1.54) is 0 Å². The summed E-state index contributed by atoms with van der Waals surface area (Å²) in [5, 5.41) is 5.03. The van der Waals surface area contributed by atoms with E-state index in [0.717, 1.165) is 16.9 Å². The Morgan fingerprint density at radius 2 is 1.67 bits per heavy atom. The average Bonchev–Trinajstić information content (AvgIpc) is 2.59. The van der Waals surface area contributed by atoms with Crippen LogP contribution in [0.1, 0.15) is 45.2 Å².